The number of hydrogen-bond donors (Lipinski definition) is 1. The molecule has 33 heavy (non-hydrogen) atoms. The van der Waals surface area contributed by atoms with Gasteiger partial charge in [0, 0.05) is 17.2 Å². The molecule has 0 radical (unpaired) electrons. The molecule has 0 aliphatic carbocycles. The van der Waals surface area contributed by atoms with Crippen LogP contribution in [0.1, 0.15) is 16.7 Å². The standard InChI is InChI=1S/C24H20BrF3N2O3/c25-19-10-8-18(9-11-19)23(32,24(26,27)28)20(33-15-16-5-2-1-3-6-16)22(31)30-14-12-17-7-4-13-29-21(17)30/h1-11,13,20,32H,12,14-15H2/t20-,23?/m0/s1. The van der Waals surface area contributed by atoms with Crippen LogP contribution in [0.2, 0.25) is 0 Å². The Hall–Kier alpha value is -2.75. The van der Waals surface area contributed by atoms with E-state index in [9.17, 15) is 23.1 Å². The average Bonchev–Trinajstić information content (AvgIpc) is 3.23. The van der Waals surface area contributed by atoms with E-state index in [2.05, 4.69) is 20.9 Å². The quantitative estimate of drug-likeness (QED) is 0.508. The number of benzene rings is 2. The normalized spacial score (nSPS) is 16.2. The van der Waals surface area contributed by atoms with Crippen LogP contribution in [0.4, 0.5) is 19.0 Å². The van der Waals surface area contributed by atoms with Crippen molar-refractivity contribution in [3.8, 4) is 0 Å². The lowest BCUT2D eigenvalue weighted by Crippen LogP contribution is -2.59. The highest BCUT2D eigenvalue weighted by molar-refractivity contribution is 9.10. The Kier molecular flexibility index (Phi) is 6.56. The SMILES string of the molecule is O=C([C@H](OCc1ccccc1)C(O)(c1ccc(Br)cc1)C(F)(F)F)N1CCc2cccnc21. The third-order valence-electron chi connectivity index (χ3n) is 5.57. The van der Waals surface area contributed by atoms with Gasteiger partial charge in [0.1, 0.15) is 5.82 Å². The maximum Gasteiger partial charge on any atom is 0.424 e. The van der Waals surface area contributed by atoms with E-state index < -0.39 is 29.4 Å². The maximum atomic E-state index is 14.5. The summed E-state index contributed by atoms with van der Waals surface area (Å²) in [4.78, 5) is 18.9. The molecule has 1 unspecified atom stereocenters. The van der Waals surface area contributed by atoms with E-state index >= 15 is 0 Å². The van der Waals surface area contributed by atoms with E-state index in [1.54, 1.807) is 42.5 Å². The van der Waals surface area contributed by atoms with Crippen molar-refractivity contribution < 1.29 is 27.8 Å². The van der Waals surface area contributed by atoms with Gasteiger partial charge in [0.15, 0.2) is 6.10 Å². The van der Waals surface area contributed by atoms with Crippen LogP contribution in [0.25, 0.3) is 0 Å². The van der Waals surface area contributed by atoms with Gasteiger partial charge in [-0.15, -0.1) is 0 Å². The summed E-state index contributed by atoms with van der Waals surface area (Å²) in [5, 5.41) is 11.2. The Morgan fingerprint density at radius 2 is 1.79 bits per heavy atom. The Morgan fingerprint density at radius 3 is 2.45 bits per heavy atom. The number of pyridine rings is 1. The summed E-state index contributed by atoms with van der Waals surface area (Å²) < 4.78 is 49.6. The fourth-order valence-corrected chi connectivity index (χ4v) is 4.12. The number of nitrogens with zero attached hydrogens (tertiary/aromatic N) is 2. The molecule has 172 valence electrons. The first-order chi connectivity index (χ1) is 15.7. The second-order valence-electron chi connectivity index (χ2n) is 7.67. The van der Waals surface area contributed by atoms with Crippen LogP contribution in [0.15, 0.2) is 77.4 Å². The third-order valence-corrected chi connectivity index (χ3v) is 6.10. The second kappa shape index (κ2) is 9.24. The monoisotopic (exact) mass is 520 g/mol. The molecular formula is C24H20BrF3N2O3. The van der Waals surface area contributed by atoms with Crippen LogP contribution in [0.5, 0.6) is 0 Å². The van der Waals surface area contributed by atoms with Gasteiger partial charge in [-0.3, -0.25) is 9.69 Å². The molecule has 1 aliphatic heterocycles. The molecule has 9 heteroatoms. The molecule has 3 aromatic rings. The molecule has 4 rings (SSSR count). The zero-order valence-electron chi connectivity index (χ0n) is 17.3. The van der Waals surface area contributed by atoms with Gasteiger partial charge >= 0.3 is 6.18 Å². The predicted molar refractivity (Wildman–Crippen MR) is 119 cm³/mol. The predicted octanol–water partition coefficient (Wildman–Crippen LogP) is 4.77. The van der Waals surface area contributed by atoms with E-state index in [0.717, 1.165) is 22.6 Å². The summed E-state index contributed by atoms with van der Waals surface area (Å²) in [5.41, 5.74) is -2.77. The Balaban J connectivity index is 1.78. The third kappa shape index (κ3) is 4.53. The second-order valence-corrected chi connectivity index (χ2v) is 8.59. The van der Waals surface area contributed by atoms with Gasteiger partial charge in [-0.25, -0.2) is 4.98 Å². The molecule has 1 amide bonds. The number of alkyl halides is 3. The van der Waals surface area contributed by atoms with Gasteiger partial charge in [-0.2, -0.15) is 13.2 Å². The van der Waals surface area contributed by atoms with Gasteiger partial charge < -0.3 is 9.84 Å². The molecule has 1 N–H and O–H groups in total. The molecule has 0 saturated heterocycles. The summed E-state index contributed by atoms with van der Waals surface area (Å²) in [6, 6.07) is 17.0. The smallest absolute Gasteiger partial charge is 0.374 e. The molecule has 0 fully saturated rings. The first-order valence-electron chi connectivity index (χ1n) is 10.2. The lowest BCUT2D eigenvalue weighted by molar-refractivity contribution is -0.299. The first kappa shape index (κ1) is 23.4. The number of carbonyl (C=O) groups excluding carboxylic acids is 1. The number of ether oxygens (including phenoxy) is 1. The van der Waals surface area contributed by atoms with E-state index in [1.807, 2.05) is 0 Å². The number of anilines is 1. The number of fused-ring (bicyclic) bond motifs is 1. The van der Waals surface area contributed by atoms with Gasteiger partial charge in [-0.1, -0.05) is 64.5 Å². The van der Waals surface area contributed by atoms with Crippen molar-refractivity contribution in [2.75, 3.05) is 11.4 Å². The van der Waals surface area contributed by atoms with Crippen LogP contribution in [0.3, 0.4) is 0 Å². The molecule has 2 atom stereocenters. The molecule has 2 heterocycles. The van der Waals surface area contributed by atoms with Crippen LogP contribution >= 0.6 is 15.9 Å². The maximum absolute atomic E-state index is 14.5. The van der Waals surface area contributed by atoms with Crippen LogP contribution in [-0.2, 0) is 28.2 Å². The van der Waals surface area contributed by atoms with Crippen molar-refractivity contribution in [2.45, 2.75) is 30.9 Å². The van der Waals surface area contributed by atoms with Crippen LogP contribution in [0, 0.1) is 0 Å². The molecule has 1 aromatic heterocycles. The van der Waals surface area contributed by atoms with Gasteiger partial charge in [-0.05, 0) is 41.3 Å². The number of carbonyl (C=O) groups is 1. The molecule has 0 spiro atoms. The number of halogens is 4. The largest absolute Gasteiger partial charge is 0.424 e. The fourth-order valence-electron chi connectivity index (χ4n) is 3.85. The van der Waals surface area contributed by atoms with Crippen LogP contribution in [-0.4, -0.2) is 34.8 Å². The summed E-state index contributed by atoms with van der Waals surface area (Å²) in [7, 11) is 0. The number of hydrogen-bond acceptors (Lipinski definition) is 4. The molecule has 0 bridgehead atoms. The molecule has 5 nitrogen and oxygen atoms in total. The minimum Gasteiger partial charge on any atom is -0.374 e. The number of aromatic nitrogens is 1. The van der Waals surface area contributed by atoms with Crippen molar-refractivity contribution in [3.63, 3.8) is 0 Å². The lowest BCUT2D eigenvalue weighted by atomic mass is 9.86. The van der Waals surface area contributed by atoms with E-state index in [-0.39, 0.29) is 19.0 Å². The zero-order chi connectivity index (χ0) is 23.6. The van der Waals surface area contributed by atoms with Crippen molar-refractivity contribution in [2.24, 2.45) is 0 Å². The summed E-state index contributed by atoms with van der Waals surface area (Å²) in [6.07, 6.45) is -5.55. The molecule has 1 aliphatic rings. The van der Waals surface area contributed by atoms with Crippen molar-refractivity contribution >= 4 is 27.7 Å². The average molecular weight is 521 g/mol. The summed E-state index contributed by atoms with van der Waals surface area (Å²) >= 11 is 3.18. The molecule has 2 aromatic carbocycles. The highest BCUT2D eigenvalue weighted by Crippen LogP contribution is 2.44. The van der Waals surface area contributed by atoms with E-state index in [0.29, 0.717) is 16.5 Å². The highest BCUT2D eigenvalue weighted by atomic mass is 79.9. The summed E-state index contributed by atoms with van der Waals surface area (Å²) in [6.45, 7) is -0.153. The lowest BCUT2D eigenvalue weighted by Gasteiger charge is -2.38. The number of aliphatic hydroxyl groups is 1. The minimum absolute atomic E-state index is 0.144. The molecule has 0 saturated carbocycles. The fraction of sp³-hybridized carbons (Fsp3) is 0.250. The Labute approximate surface area is 197 Å². The van der Waals surface area contributed by atoms with Gasteiger partial charge in [0.2, 0.25) is 5.60 Å². The van der Waals surface area contributed by atoms with Gasteiger partial charge in [0.25, 0.3) is 5.91 Å². The highest BCUT2D eigenvalue weighted by Gasteiger charge is 2.63. The molecular weight excluding hydrogens is 501 g/mol. The van der Waals surface area contributed by atoms with E-state index in [1.165, 1.54) is 18.3 Å². The van der Waals surface area contributed by atoms with Crippen molar-refractivity contribution in [1.82, 2.24) is 4.98 Å². The van der Waals surface area contributed by atoms with Gasteiger partial charge in [0.05, 0.1) is 6.61 Å². The minimum atomic E-state index is -5.20. The number of amides is 1. The van der Waals surface area contributed by atoms with E-state index in [4.69, 9.17) is 4.74 Å². The Bertz CT molecular complexity index is 1130. The van der Waals surface area contributed by atoms with Crippen molar-refractivity contribution in [1.29, 1.82) is 0 Å². The van der Waals surface area contributed by atoms with Crippen LogP contribution < -0.4 is 4.90 Å². The topological polar surface area (TPSA) is 62.7 Å². The number of rotatable bonds is 6. The van der Waals surface area contributed by atoms with Crippen molar-refractivity contribution in [3.05, 3.63) is 94.1 Å². The Morgan fingerprint density at radius 1 is 1.09 bits per heavy atom. The zero-order valence-corrected chi connectivity index (χ0v) is 18.9. The summed E-state index contributed by atoms with van der Waals surface area (Å²) in [5.74, 6) is -0.734. The first-order valence-corrected chi connectivity index (χ1v) is 11.0.